The van der Waals surface area contributed by atoms with Crippen LogP contribution >= 0.6 is 15.9 Å². The second-order valence-corrected chi connectivity index (χ2v) is 5.86. The van der Waals surface area contributed by atoms with Crippen molar-refractivity contribution in [1.82, 2.24) is 5.32 Å². The summed E-state index contributed by atoms with van der Waals surface area (Å²) in [6.45, 7) is 3.98. The second-order valence-electron chi connectivity index (χ2n) is 5.07. The summed E-state index contributed by atoms with van der Waals surface area (Å²) in [5.41, 5.74) is 1.83. The Hall–Kier alpha value is -1.39. The van der Waals surface area contributed by atoms with E-state index in [1.54, 1.807) is 6.07 Å². The Labute approximate surface area is 133 Å². The Morgan fingerprint density at radius 3 is 2.38 bits per heavy atom. The minimum absolute atomic E-state index is 0.0830. The van der Waals surface area contributed by atoms with Gasteiger partial charge in [0, 0.05) is 5.56 Å². The van der Waals surface area contributed by atoms with E-state index in [9.17, 15) is 4.39 Å². The summed E-state index contributed by atoms with van der Waals surface area (Å²) in [7, 11) is 1.86. The number of hydrogen-bond acceptors (Lipinski definition) is 2. The van der Waals surface area contributed by atoms with Gasteiger partial charge in [-0.05, 0) is 54.5 Å². The maximum atomic E-state index is 13.8. The zero-order chi connectivity index (χ0) is 15.4. The molecule has 0 aliphatic heterocycles. The highest BCUT2D eigenvalue weighted by Crippen LogP contribution is 2.34. The van der Waals surface area contributed by atoms with Gasteiger partial charge in [-0.25, -0.2) is 4.39 Å². The number of ether oxygens (including phenoxy) is 1. The van der Waals surface area contributed by atoms with Crippen LogP contribution in [-0.4, -0.2) is 13.2 Å². The lowest BCUT2D eigenvalue weighted by atomic mass is 9.98. The number of rotatable bonds is 5. The van der Waals surface area contributed by atoms with Crippen molar-refractivity contribution in [3.8, 4) is 5.75 Å². The zero-order valence-electron chi connectivity index (χ0n) is 12.4. The maximum absolute atomic E-state index is 13.8. The van der Waals surface area contributed by atoms with Crippen LogP contribution in [0.2, 0.25) is 0 Å². The van der Waals surface area contributed by atoms with Gasteiger partial charge in [0.1, 0.15) is 11.6 Å². The number of halogens is 2. The summed E-state index contributed by atoms with van der Waals surface area (Å²) in [6.07, 6.45) is 0.0830. The van der Waals surface area contributed by atoms with E-state index in [-0.39, 0.29) is 18.0 Å². The summed E-state index contributed by atoms with van der Waals surface area (Å²) in [6, 6.07) is 12.7. The molecule has 0 bridgehead atoms. The van der Waals surface area contributed by atoms with E-state index >= 15 is 0 Å². The van der Waals surface area contributed by atoms with Gasteiger partial charge in [0.15, 0.2) is 0 Å². The highest BCUT2D eigenvalue weighted by molar-refractivity contribution is 9.10. The van der Waals surface area contributed by atoms with Crippen LogP contribution in [0.1, 0.15) is 31.0 Å². The van der Waals surface area contributed by atoms with Crippen LogP contribution in [0.3, 0.4) is 0 Å². The quantitative estimate of drug-likeness (QED) is 0.843. The van der Waals surface area contributed by atoms with Crippen molar-refractivity contribution >= 4 is 15.9 Å². The molecule has 0 fully saturated rings. The number of para-hydroxylation sites is 1. The minimum atomic E-state index is -0.269. The van der Waals surface area contributed by atoms with E-state index in [0.29, 0.717) is 4.47 Å². The molecule has 0 amide bonds. The van der Waals surface area contributed by atoms with Crippen LogP contribution < -0.4 is 10.1 Å². The Morgan fingerprint density at radius 2 is 1.71 bits per heavy atom. The molecule has 0 saturated carbocycles. The van der Waals surface area contributed by atoms with E-state index < -0.39 is 0 Å². The smallest absolute Gasteiger partial charge is 0.137 e. The van der Waals surface area contributed by atoms with Gasteiger partial charge in [-0.2, -0.15) is 0 Å². The lowest BCUT2D eigenvalue weighted by Crippen LogP contribution is -2.20. The van der Waals surface area contributed by atoms with Gasteiger partial charge in [0.2, 0.25) is 0 Å². The molecule has 0 heterocycles. The molecule has 1 N–H and O–H groups in total. The van der Waals surface area contributed by atoms with Crippen molar-refractivity contribution in [3.63, 3.8) is 0 Å². The van der Waals surface area contributed by atoms with Crippen LogP contribution in [-0.2, 0) is 0 Å². The monoisotopic (exact) mass is 351 g/mol. The summed E-state index contributed by atoms with van der Waals surface area (Å²) < 4.78 is 20.1. The Morgan fingerprint density at radius 1 is 1.05 bits per heavy atom. The van der Waals surface area contributed by atoms with E-state index in [4.69, 9.17) is 4.74 Å². The first-order valence-electron chi connectivity index (χ1n) is 6.91. The predicted molar refractivity (Wildman–Crippen MR) is 87.2 cm³/mol. The molecular weight excluding hydrogens is 333 g/mol. The standard InChI is InChI=1S/C17H19BrFNO/c1-11(2)21-15-10-5-4-7-12(15)17(20-3)13-8-6-9-14(19)16(13)18/h4-11,17,20H,1-3H3. The molecule has 2 nitrogen and oxygen atoms in total. The highest BCUT2D eigenvalue weighted by Gasteiger charge is 2.20. The summed E-state index contributed by atoms with van der Waals surface area (Å²) in [5, 5.41) is 3.24. The third kappa shape index (κ3) is 3.63. The minimum Gasteiger partial charge on any atom is -0.491 e. The largest absolute Gasteiger partial charge is 0.491 e. The fourth-order valence-electron chi connectivity index (χ4n) is 2.30. The molecule has 2 aromatic rings. The third-order valence-corrected chi connectivity index (χ3v) is 4.01. The molecular formula is C17H19BrFNO. The molecule has 1 unspecified atom stereocenters. The lowest BCUT2D eigenvalue weighted by Gasteiger charge is -2.23. The molecule has 1 atom stereocenters. The van der Waals surface area contributed by atoms with Crippen molar-refractivity contribution in [1.29, 1.82) is 0 Å². The van der Waals surface area contributed by atoms with Crippen LogP contribution in [0.4, 0.5) is 4.39 Å². The van der Waals surface area contributed by atoms with Crippen molar-refractivity contribution in [2.75, 3.05) is 7.05 Å². The van der Waals surface area contributed by atoms with Gasteiger partial charge in [-0.3, -0.25) is 0 Å². The van der Waals surface area contributed by atoms with E-state index in [2.05, 4.69) is 21.2 Å². The first-order chi connectivity index (χ1) is 10.0. The van der Waals surface area contributed by atoms with Gasteiger partial charge in [0.25, 0.3) is 0 Å². The maximum Gasteiger partial charge on any atom is 0.137 e. The molecule has 0 saturated heterocycles. The first kappa shape index (κ1) is 16.0. The van der Waals surface area contributed by atoms with E-state index in [1.807, 2.05) is 51.2 Å². The Kier molecular flexibility index (Phi) is 5.37. The molecule has 0 aliphatic carbocycles. The van der Waals surface area contributed by atoms with Crippen LogP contribution in [0.5, 0.6) is 5.75 Å². The molecule has 2 rings (SSSR count). The van der Waals surface area contributed by atoms with Crippen molar-refractivity contribution in [2.24, 2.45) is 0 Å². The van der Waals surface area contributed by atoms with Gasteiger partial charge < -0.3 is 10.1 Å². The Balaban J connectivity index is 2.49. The van der Waals surface area contributed by atoms with Crippen LogP contribution in [0, 0.1) is 5.82 Å². The highest BCUT2D eigenvalue weighted by atomic mass is 79.9. The van der Waals surface area contributed by atoms with E-state index in [1.165, 1.54) is 6.07 Å². The fraction of sp³-hybridized carbons (Fsp3) is 0.294. The van der Waals surface area contributed by atoms with Crippen LogP contribution in [0.25, 0.3) is 0 Å². The fourth-order valence-corrected chi connectivity index (χ4v) is 2.80. The molecule has 0 aliphatic rings. The molecule has 4 heteroatoms. The zero-order valence-corrected chi connectivity index (χ0v) is 13.9. The van der Waals surface area contributed by atoms with Gasteiger partial charge in [-0.1, -0.05) is 30.3 Å². The Bertz CT molecular complexity index is 615. The summed E-state index contributed by atoms with van der Waals surface area (Å²) in [4.78, 5) is 0. The second kappa shape index (κ2) is 7.05. The molecule has 21 heavy (non-hydrogen) atoms. The lowest BCUT2D eigenvalue weighted by molar-refractivity contribution is 0.238. The average molecular weight is 352 g/mol. The van der Waals surface area contributed by atoms with Crippen molar-refractivity contribution < 1.29 is 9.13 Å². The SMILES string of the molecule is CNC(c1ccccc1OC(C)C)c1cccc(F)c1Br. The first-order valence-corrected chi connectivity index (χ1v) is 7.70. The summed E-state index contributed by atoms with van der Waals surface area (Å²) in [5.74, 6) is 0.540. The molecule has 0 aromatic heterocycles. The van der Waals surface area contributed by atoms with Gasteiger partial charge >= 0.3 is 0 Å². The van der Waals surface area contributed by atoms with Crippen LogP contribution in [0.15, 0.2) is 46.9 Å². The number of nitrogens with one attached hydrogen (secondary N) is 1. The van der Waals surface area contributed by atoms with Crippen molar-refractivity contribution in [3.05, 3.63) is 63.9 Å². The average Bonchev–Trinajstić information content (AvgIpc) is 2.45. The molecule has 112 valence electrons. The molecule has 0 spiro atoms. The normalized spacial score (nSPS) is 12.5. The third-order valence-electron chi connectivity index (χ3n) is 3.17. The number of hydrogen-bond donors (Lipinski definition) is 1. The summed E-state index contributed by atoms with van der Waals surface area (Å²) >= 11 is 3.34. The van der Waals surface area contributed by atoms with Crippen molar-refractivity contribution in [2.45, 2.75) is 26.0 Å². The van der Waals surface area contributed by atoms with Gasteiger partial charge in [-0.15, -0.1) is 0 Å². The topological polar surface area (TPSA) is 21.3 Å². The molecule has 0 radical (unpaired) electrons. The predicted octanol–water partition coefficient (Wildman–Crippen LogP) is 4.68. The van der Waals surface area contributed by atoms with Gasteiger partial charge in [0.05, 0.1) is 16.6 Å². The molecule has 2 aromatic carbocycles. The number of benzene rings is 2. The van der Waals surface area contributed by atoms with E-state index in [0.717, 1.165) is 16.9 Å².